The van der Waals surface area contributed by atoms with Gasteiger partial charge in [0.05, 0.1) is 4.92 Å². The molecule has 0 saturated heterocycles. The summed E-state index contributed by atoms with van der Waals surface area (Å²) >= 11 is 0. The zero-order valence-corrected chi connectivity index (χ0v) is 10.4. The van der Waals surface area contributed by atoms with Crippen LogP contribution in [0.5, 0.6) is 0 Å². The number of alkyl halides is 2. The molecule has 0 spiro atoms. The average Bonchev–Trinajstić information content (AvgIpc) is 2.47. The highest BCUT2D eigenvalue weighted by atomic mass is 19.3. The van der Waals surface area contributed by atoms with Gasteiger partial charge >= 0.3 is 11.9 Å². The number of hydrogen-bond acceptors (Lipinski definition) is 4. The first-order valence-electron chi connectivity index (χ1n) is 5.64. The van der Waals surface area contributed by atoms with E-state index < -0.39 is 28.1 Å². The van der Waals surface area contributed by atoms with Crippen molar-refractivity contribution in [3.05, 3.63) is 58.4 Å². The lowest BCUT2D eigenvalue weighted by Gasteiger charge is -2.13. The average molecular weight is 294 g/mol. The van der Waals surface area contributed by atoms with Gasteiger partial charge in [0, 0.05) is 30.1 Å². The van der Waals surface area contributed by atoms with E-state index in [1.54, 1.807) is 0 Å². The van der Waals surface area contributed by atoms with E-state index in [4.69, 9.17) is 5.11 Å². The molecule has 0 atom stereocenters. The normalized spacial score (nSPS) is 11.1. The van der Waals surface area contributed by atoms with Crippen molar-refractivity contribution in [2.75, 3.05) is 0 Å². The van der Waals surface area contributed by atoms with E-state index in [2.05, 4.69) is 4.98 Å². The topological polar surface area (TPSA) is 93.3 Å². The molecule has 0 aliphatic heterocycles. The van der Waals surface area contributed by atoms with Crippen molar-refractivity contribution in [1.82, 2.24) is 4.98 Å². The van der Waals surface area contributed by atoms with E-state index in [9.17, 15) is 23.7 Å². The maximum Gasteiger partial charge on any atom is 0.379 e. The van der Waals surface area contributed by atoms with Gasteiger partial charge in [-0.25, -0.2) is 4.79 Å². The standard InChI is InChI=1S/C13H8F2N2O4/c14-13(15,12(18)19)10-5-9(6-11(7-10)17(20)21)8-1-3-16-4-2-8/h1-7H,(H,18,19). The Labute approximate surface area is 116 Å². The number of nitro benzene ring substituents is 1. The van der Waals surface area contributed by atoms with Crippen molar-refractivity contribution in [2.24, 2.45) is 0 Å². The Bertz CT molecular complexity index is 705. The van der Waals surface area contributed by atoms with Crippen molar-refractivity contribution < 1.29 is 23.6 Å². The van der Waals surface area contributed by atoms with Gasteiger partial charge < -0.3 is 5.11 Å². The maximum atomic E-state index is 13.6. The number of pyridine rings is 1. The quantitative estimate of drug-likeness (QED) is 0.691. The van der Waals surface area contributed by atoms with Gasteiger partial charge in [0.25, 0.3) is 5.69 Å². The molecule has 2 rings (SSSR count). The van der Waals surface area contributed by atoms with Crippen LogP contribution < -0.4 is 0 Å². The second-order valence-electron chi connectivity index (χ2n) is 4.14. The predicted octanol–water partition coefficient (Wildman–Crippen LogP) is 2.83. The van der Waals surface area contributed by atoms with Gasteiger partial charge in [0.15, 0.2) is 0 Å². The van der Waals surface area contributed by atoms with E-state index in [1.165, 1.54) is 24.5 Å². The number of aromatic nitrogens is 1. The summed E-state index contributed by atoms with van der Waals surface area (Å²) in [5.41, 5.74) is -1.03. The van der Waals surface area contributed by atoms with Crippen LogP contribution in [0.1, 0.15) is 5.56 Å². The fraction of sp³-hybridized carbons (Fsp3) is 0.0769. The first-order chi connectivity index (χ1) is 9.82. The molecule has 0 aliphatic carbocycles. The first kappa shape index (κ1) is 14.5. The van der Waals surface area contributed by atoms with Gasteiger partial charge in [-0.2, -0.15) is 8.78 Å². The number of benzene rings is 1. The molecule has 21 heavy (non-hydrogen) atoms. The zero-order valence-electron chi connectivity index (χ0n) is 10.4. The summed E-state index contributed by atoms with van der Waals surface area (Å²) in [5, 5.41) is 19.4. The number of hydrogen-bond donors (Lipinski definition) is 1. The molecule has 0 unspecified atom stereocenters. The van der Waals surface area contributed by atoms with E-state index >= 15 is 0 Å². The van der Waals surface area contributed by atoms with E-state index in [0.29, 0.717) is 11.6 Å². The van der Waals surface area contributed by atoms with Crippen LogP contribution in [-0.2, 0) is 10.7 Å². The number of carboxylic acids is 1. The van der Waals surface area contributed by atoms with Gasteiger partial charge in [-0.05, 0) is 29.3 Å². The fourth-order valence-corrected chi connectivity index (χ4v) is 1.73. The number of carbonyl (C=O) groups is 1. The smallest absolute Gasteiger partial charge is 0.379 e. The Morgan fingerprint density at radius 3 is 2.33 bits per heavy atom. The minimum Gasteiger partial charge on any atom is -0.477 e. The Morgan fingerprint density at radius 2 is 1.81 bits per heavy atom. The number of aliphatic carboxylic acids is 1. The van der Waals surface area contributed by atoms with Crippen LogP contribution in [0.2, 0.25) is 0 Å². The predicted molar refractivity (Wildman–Crippen MR) is 67.9 cm³/mol. The van der Waals surface area contributed by atoms with Crippen LogP contribution in [0.15, 0.2) is 42.7 Å². The summed E-state index contributed by atoms with van der Waals surface area (Å²) < 4.78 is 27.2. The van der Waals surface area contributed by atoms with E-state index in [0.717, 1.165) is 12.1 Å². The van der Waals surface area contributed by atoms with Crippen molar-refractivity contribution in [3.8, 4) is 11.1 Å². The largest absolute Gasteiger partial charge is 0.477 e. The monoisotopic (exact) mass is 294 g/mol. The summed E-state index contributed by atoms with van der Waals surface area (Å²) in [4.78, 5) is 24.4. The van der Waals surface area contributed by atoms with Crippen molar-refractivity contribution in [2.45, 2.75) is 5.92 Å². The summed E-state index contributed by atoms with van der Waals surface area (Å²) in [5.74, 6) is -6.59. The van der Waals surface area contributed by atoms with E-state index in [-0.39, 0.29) is 5.56 Å². The van der Waals surface area contributed by atoms with Crippen LogP contribution in [0.25, 0.3) is 11.1 Å². The van der Waals surface area contributed by atoms with Crippen molar-refractivity contribution in [3.63, 3.8) is 0 Å². The third kappa shape index (κ3) is 2.83. The van der Waals surface area contributed by atoms with Crippen LogP contribution in [0.4, 0.5) is 14.5 Å². The molecule has 1 N–H and O–H groups in total. The summed E-state index contributed by atoms with van der Waals surface area (Å²) in [6.07, 6.45) is 2.78. The third-order valence-electron chi connectivity index (χ3n) is 2.77. The molecule has 108 valence electrons. The Hall–Kier alpha value is -2.90. The summed E-state index contributed by atoms with van der Waals surface area (Å²) in [7, 11) is 0. The van der Waals surface area contributed by atoms with Crippen LogP contribution in [0, 0.1) is 10.1 Å². The lowest BCUT2D eigenvalue weighted by atomic mass is 10.00. The Balaban J connectivity index is 2.66. The molecule has 0 radical (unpaired) electrons. The summed E-state index contributed by atoms with van der Waals surface area (Å²) in [6, 6.07) is 5.51. The molecule has 1 aromatic heterocycles. The highest BCUT2D eigenvalue weighted by Gasteiger charge is 2.42. The highest BCUT2D eigenvalue weighted by molar-refractivity contribution is 5.79. The zero-order chi connectivity index (χ0) is 15.6. The minimum absolute atomic E-state index is 0.113. The van der Waals surface area contributed by atoms with Crippen molar-refractivity contribution in [1.29, 1.82) is 0 Å². The second kappa shape index (κ2) is 5.23. The molecule has 0 fully saturated rings. The number of halogens is 2. The molecule has 2 aromatic rings. The Morgan fingerprint density at radius 1 is 1.19 bits per heavy atom. The molecule has 1 aromatic carbocycles. The van der Waals surface area contributed by atoms with Gasteiger partial charge in [-0.15, -0.1) is 0 Å². The van der Waals surface area contributed by atoms with Crippen LogP contribution >= 0.6 is 0 Å². The van der Waals surface area contributed by atoms with Crippen molar-refractivity contribution >= 4 is 11.7 Å². The molecule has 6 nitrogen and oxygen atoms in total. The van der Waals surface area contributed by atoms with Gasteiger partial charge in [-0.1, -0.05) is 0 Å². The van der Waals surface area contributed by atoms with Crippen LogP contribution in [0.3, 0.4) is 0 Å². The molecular weight excluding hydrogens is 286 g/mol. The molecule has 0 amide bonds. The van der Waals surface area contributed by atoms with Gasteiger partial charge in [0.2, 0.25) is 0 Å². The molecule has 8 heteroatoms. The van der Waals surface area contributed by atoms with Gasteiger partial charge in [0.1, 0.15) is 0 Å². The Kier molecular flexibility index (Phi) is 3.62. The number of nitro groups is 1. The number of rotatable bonds is 4. The minimum atomic E-state index is -4.21. The van der Waals surface area contributed by atoms with Gasteiger partial charge in [-0.3, -0.25) is 15.1 Å². The lowest BCUT2D eigenvalue weighted by molar-refractivity contribution is -0.385. The second-order valence-corrected chi connectivity index (χ2v) is 4.14. The maximum absolute atomic E-state index is 13.6. The number of carboxylic acid groups (broad SMARTS) is 1. The molecule has 1 heterocycles. The highest BCUT2D eigenvalue weighted by Crippen LogP contribution is 2.34. The lowest BCUT2D eigenvalue weighted by Crippen LogP contribution is -2.25. The first-order valence-corrected chi connectivity index (χ1v) is 5.64. The van der Waals surface area contributed by atoms with E-state index in [1.807, 2.05) is 0 Å². The third-order valence-corrected chi connectivity index (χ3v) is 2.77. The molecule has 0 saturated carbocycles. The molecule has 0 bridgehead atoms. The molecular formula is C13H8F2N2O4. The summed E-state index contributed by atoms with van der Waals surface area (Å²) in [6.45, 7) is 0. The number of non-ortho nitro benzene ring substituents is 1. The van der Waals surface area contributed by atoms with Crippen LogP contribution in [-0.4, -0.2) is 21.0 Å². The SMILES string of the molecule is O=C(O)C(F)(F)c1cc(-c2ccncc2)cc([N+](=O)[O-])c1. The molecule has 0 aliphatic rings. The fourth-order valence-electron chi connectivity index (χ4n) is 1.73. The number of nitrogens with zero attached hydrogens (tertiary/aromatic N) is 2.